The largest absolute Gasteiger partial charge is 0.393 e. The van der Waals surface area contributed by atoms with Crippen LogP contribution in [0.3, 0.4) is 0 Å². The molecular formula is C20H23F3N2OS. The Balaban J connectivity index is 1.59. The third-order valence-electron chi connectivity index (χ3n) is 6.11. The lowest BCUT2D eigenvalue weighted by Gasteiger charge is -2.56. The van der Waals surface area contributed by atoms with Gasteiger partial charge in [0.2, 0.25) is 0 Å². The molecule has 3 nitrogen and oxygen atoms in total. The molecule has 1 atom stereocenters. The second-order valence-electron chi connectivity index (χ2n) is 8.17. The second kappa shape index (κ2) is 6.48. The highest BCUT2D eigenvalue weighted by molar-refractivity contribution is 7.21. The summed E-state index contributed by atoms with van der Waals surface area (Å²) in [7, 11) is 0. The normalized spacial score (nSPS) is 27.1. The first kappa shape index (κ1) is 18.7. The Kier molecular flexibility index (Phi) is 4.50. The summed E-state index contributed by atoms with van der Waals surface area (Å²) in [5.74, 6) is 0.283. The van der Waals surface area contributed by atoms with Gasteiger partial charge in [-0.15, -0.1) is 11.3 Å². The van der Waals surface area contributed by atoms with Crippen molar-refractivity contribution in [1.82, 2.24) is 10.2 Å². The highest BCUT2D eigenvalue weighted by Gasteiger charge is 2.48. The van der Waals surface area contributed by atoms with Crippen molar-refractivity contribution in [1.29, 1.82) is 0 Å². The molecule has 2 aromatic rings. The number of benzene rings is 1. The number of fused-ring (bicyclic) bond motifs is 4. The van der Waals surface area contributed by atoms with E-state index >= 15 is 0 Å². The molecule has 1 aromatic heterocycles. The maximum atomic E-state index is 12.9. The highest BCUT2D eigenvalue weighted by atomic mass is 32.1. The van der Waals surface area contributed by atoms with Gasteiger partial charge in [0.25, 0.3) is 5.91 Å². The average molecular weight is 396 g/mol. The van der Waals surface area contributed by atoms with E-state index in [1.807, 2.05) is 0 Å². The Morgan fingerprint density at radius 2 is 2.00 bits per heavy atom. The van der Waals surface area contributed by atoms with Crippen molar-refractivity contribution in [2.45, 2.75) is 50.9 Å². The van der Waals surface area contributed by atoms with Gasteiger partial charge < -0.3 is 5.32 Å². The van der Waals surface area contributed by atoms with Gasteiger partial charge in [-0.3, -0.25) is 9.69 Å². The summed E-state index contributed by atoms with van der Waals surface area (Å²) < 4.78 is 39.1. The van der Waals surface area contributed by atoms with Crippen LogP contribution in [0.4, 0.5) is 13.2 Å². The summed E-state index contributed by atoms with van der Waals surface area (Å²) in [6.07, 6.45) is -3.08. The van der Waals surface area contributed by atoms with Crippen LogP contribution in [0.25, 0.3) is 10.1 Å². The molecule has 7 heteroatoms. The predicted molar refractivity (Wildman–Crippen MR) is 101 cm³/mol. The number of alkyl halides is 3. The number of thiophene rings is 1. The quantitative estimate of drug-likeness (QED) is 0.822. The molecule has 4 heterocycles. The van der Waals surface area contributed by atoms with Gasteiger partial charge in [-0.2, -0.15) is 13.2 Å². The molecule has 1 aromatic carbocycles. The van der Waals surface area contributed by atoms with Crippen molar-refractivity contribution in [3.05, 3.63) is 34.7 Å². The van der Waals surface area contributed by atoms with E-state index in [1.165, 1.54) is 6.07 Å². The second-order valence-corrected chi connectivity index (χ2v) is 9.22. The van der Waals surface area contributed by atoms with Gasteiger partial charge in [-0.05, 0) is 62.7 Å². The molecule has 3 aliphatic heterocycles. The fourth-order valence-corrected chi connectivity index (χ4v) is 5.75. The van der Waals surface area contributed by atoms with Crippen molar-refractivity contribution < 1.29 is 18.0 Å². The third-order valence-corrected chi connectivity index (χ3v) is 7.34. The topological polar surface area (TPSA) is 32.3 Å². The predicted octanol–water partition coefficient (Wildman–Crippen LogP) is 4.61. The van der Waals surface area contributed by atoms with Gasteiger partial charge in [0.05, 0.1) is 11.3 Å². The zero-order valence-corrected chi connectivity index (χ0v) is 16.2. The molecule has 0 aliphatic carbocycles. The molecule has 0 saturated carbocycles. The number of halogens is 3. The number of hydrogen-bond donors (Lipinski definition) is 1. The molecule has 5 rings (SSSR count). The van der Waals surface area contributed by atoms with Crippen LogP contribution in [0.15, 0.2) is 24.3 Å². The Hall–Kier alpha value is -1.60. The molecular weight excluding hydrogens is 373 g/mol. The molecule has 0 radical (unpaired) electrons. The number of carbonyl (C=O) groups is 1. The molecule has 0 spiro atoms. The lowest BCUT2D eigenvalue weighted by atomic mass is 9.72. The van der Waals surface area contributed by atoms with E-state index in [9.17, 15) is 18.0 Å². The molecule has 3 fully saturated rings. The number of amides is 1. The molecule has 3 aliphatic rings. The molecule has 1 N–H and O–H groups in total. The van der Waals surface area contributed by atoms with Crippen LogP contribution in [-0.4, -0.2) is 41.7 Å². The monoisotopic (exact) mass is 396 g/mol. The van der Waals surface area contributed by atoms with Gasteiger partial charge in [0.1, 0.15) is 0 Å². The Morgan fingerprint density at radius 3 is 2.63 bits per heavy atom. The Labute approximate surface area is 160 Å². The van der Waals surface area contributed by atoms with Gasteiger partial charge in [-0.1, -0.05) is 18.2 Å². The minimum Gasteiger partial charge on any atom is -0.346 e. The van der Waals surface area contributed by atoms with Crippen molar-refractivity contribution >= 4 is 27.3 Å². The van der Waals surface area contributed by atoms with E-state index in [1.54, 1.807) is 18.2 Å². The number of hydrogen-bond acceptors (Lipinski definition) is 3. The summed E-state index contributed by atoms with van der Waals surface area (Å²) in [5.41, 5.74) is 0.127. The van der Waals surface area contributed by atoms with E-state index < -0.39 is 12.6 Å². The molecule has 0 unspecified atom stereocenters. The molecule has 1 amide bonds. The number of piperidine rings is 3. The van der Waals surface area contributed by atoms with Crippen LogP contribution in [0.1, 0.15) is 41.9 Å². The third kappa shape index (κ3) is 3.47. The smallest absolute Gasteiger partial charge is 0.346 e. The summed E-state index contributed by atoms with van der Waals surface area (Å²) in [6, 6.07) is 6.65. The molecule has 3 saturated heterocycles. The van der Waals surface area contributed by atoms with E-state index in [2.05, 4.69) is 24.1 Å². The molecule has 27 heavy (non-hydrogen) atoms. The average Bonchev–Trinajstić information content (AvgIpc) is 3.02. The zero-order valence-electron chi connectivity index (χ0n) is 15.4. The van der Waals surface area contributed by atoms with Crippen LogP contribution in [0.5, 0.6) is 0 Å². The summed E-state index contributed by atoms with van der Waals surface area (Å²) in [6.45, 7) is 6.45. The lowest BCUT2D eigenvalue weighted by molar-refractivity contribution is -0.126. The van der Waals surface area contributed by atoms with Gasteiger partial charge in [-0.25, -0.2) is 0 Å². The van der Waals surface area contributed by atoms with Crippen LogP contribution < -0.4 is 5.32 Å². The van der Waals surface area contributed by atoms with E-state index in [4.69, 9.17) is 0 Å². The fraction of sp³-hybridized carbons (Fsp3) is 0.550. The maximum Gasteiger partial charge on any atom is 0.393 e. The number of nitrogens with one attached hydrogen (secondary N) is 1. The standard InChI is InChI=1S/C20H23F3N2OS/c1-19(2)17(12-6-8-25(19)9-7-12)24-18(26)15-10-13-4-3-5-14(16(13)27-15)11-20(21,22)23/h3-5,10,12,17H,6-9,11H2,1-2H3,(H,24,26)/t17-/m1/s1. The Bertz CT molecular complexity index is 866. The minimum absolute atomic E-state index is 0.0624. The minimum atomic E-state index is -4.26. The first-order chi connectivity index (χ1) is 12.6. The van der Waals surface area contributed by atoms with Crippen molar-refractivity contribution in [3.63, 3.8) is 0 Å². The SMILES string of the molecule is CC1(C)[C@H](NC(=O)c2cc3cccc(CC(F)(F)F)c3s2)C2CCN1CC2. The summed E-state index contributed by atoms with van der Waals surface area (Å²) in [4.78, 5) is 15.8. The van der Waals surface area contributed by atoms with Gasteiger partial charge in [0.15, 0.2) is 0 Å². The van der Waals surface area contributed by atoms with Crippen LogP contribution in [-0.2, 0) is 6.42 Å². The number of carbonyl (C=O) groups excluding carboxylic acids is 1. The van der Waals surface area contributed by atoms with Crippen LogP contribution in [0.2, 0.25) is 0 Å². The number of nitrogens with zero attached hydrogens (tertiary/aromatic N) is 1. The maximum absolute atomic E-state index is 12.9. The van der Waals surface area contributed by atoms with Crippen molar-refractivity contribution in [3.8, 4) is 0 Å². The first-order valence-corrected chi connectivity index (χ1v) is 10.1. The Morgan fingerprint density at radius 1 is 1.30 bits per heavy atom. The van der Waals surface area contributed by atoms with Gasteiger partial charge >= 0.3 is 6.18 Å². The highest BCUT2D eigenvalue weighted by Crippen LogP contribution is 2.39. The molecule has 146 valence electrons. The van der Waals surface area contributed by atoms with Crippen molar-refractivity contribution in [2.75, 3.05) is 13.1 Å². The van der Waals surface area contributed by atoms with Gasteiger partial charge in [0, 0.05) is 16.3 Å². The summed E-state index contributed by atoms with van der Waals surface area (Å²) >= 11 is 1.16. The van der Waals surface area contributed by atoms with Crippen LogP contribution in [0, 0.1) is 5.92 Å². The summed E-state index contributed by atoms with van der Waals surface area (Å²) in [5, 5.41) is 3.89. The molecule has 2 bridgehead atoms. The first-order valence-electron chi connectivity index (χ1n) is 9.29. The zero-order chi connectivity index (χ0) is 19.4. The van der Waals surface area contributed by atoms with Crippen molar-refractivity contribution in [2.24, 2.45) is 5.92 Å². The van der Waals surface area contributed by atoms with E-state index in [0.717, 1.165) is 37.3 Å². The lowest BCUT2D eigenvalue weighted by Crippen LogP contribution is -2.69. The van der Waals surface area contributed by atoms with E-state index in [-0.39, 0.29) is 23.1 Å². The fourth-order valence-electron chi connectivity index (χ4n) is 4.68. The number of rotatable bonds is 3. The van der Waals surface area contributed by atoms with Crippen LogP contribution >= 0.6 is 11.3 Å². The van der Waals surface area contributed by atoms with E-state index in [0.29, 0.717) is 20.9 Å².